The molecule has 7 nitrogen and oxygen atoms in total. The number of carbonyl (C=O) groups is 2. The van der Waals surface area contributed by atoms with Crippen LogP contribution in [0, 0.1) is 0 Å². The quantitative estimate of drug-likeness (QED) is 0.281. The molecule has 2 aromatic carbocycles. The molecule has 162 valence electrons. The molecule has 9 heteroatoms. The van der Waals surface area contributed by atoms with Crippen molar-refractivity contribution in [1.29, 1.82) is 0 Å². The second-order valence-corrected chi connectivity index (χ2v) is 8.68. The van der Waals surface area contributed by atoms with Gasteiger partial charge in [-0.05, 0) is 11.1 Å². The largest absolute Gasteiger partial charge is 1.00 e. The number of hydrogen-bond acceptors (Lipinski definition) is 7. The minimum Gasteiger partial charge on any atom is -0.747 e. The second kappa shape index (κ2) is 13.0. The molecule has 2 rings (SSSR count). The summed E-state index contributed by atoms with van der Waals surface area (Å²) in [6, 6.07) is 18.5. The minimum atomic E-state index is -5.09. The molecule has 0 aliphatic rings. The number of esters is 2. The molecule has 0 fully saturated rings. The van der Waals surface area contributed by atoms with Crippen LogP contribution >= 0.6 is 0 Å². The molecule has 0 heterocycles. The van der Waals surface area contributed by atoms with Gasteiger partial charge in [-0.2, -0.15) is 0 Å². The van der Waals surface area contributed by atoms with Gasteiger partial charge in [0.05, 0.1) is 19.6 Å². The van der Waals surface area contributed by atoms with Crippen LogP contribution in [0.25, 0.3) is 0 Å². The topological polar surface area (TPSA) is 110 Å². The zero-order chi connectivity index (χ0) is 22.1. The Balaban J connectivity index is 0.00000480. The van der Waals surface area contributed by atoms with Crippen molar-refractivity contribution in [3.05, 3.63) is 71.8 Å². The fourth-order valence-corrected chi connectivity index (χ4v) is 3.43. The van der Waals surface area contributed by atoms with Gasteiger partial charge in [-0.3, -0.25) is 9.59 Å². The average Bonchev–Trinajstić information content (AvgIpc) is 2.74. The Bertz CT molecular complexity index is 933. The van der Waals surface area contributed by atoms with E-state index in [-0.39, 0.29) is 54.6 Å². The molecule has 31 heavy (non-hydrogen) atoms. The first kappa shape index (κ1) is 27.3. The monoisotopic (exact) mass is 456 g/mol. The van der Waals surface area contributed by atoms with Gasteiger partial charge in [0.15, 0.2) is 5.25 Å². The smallest absolute Gasteiger partial charge is 0.747 e. The second-order valence-electron chi connectivity index (χ2n) is 7.12. The summed E-state index contributed by atoms with van der Waals surface area (Å²) in [4.78, 5) is 24.3. The van der Waals surface area contributed by atoms with E-state index >= 15 is 0 Å². The van der Waals surface area contributed by atoms with Crippen LogP contribution in [-0.4, -0.2) is 43.4 Å². The summed E-state index contributed by atoms with van der Waals surface area (Å²) in [6.45, 7) is 3.51. The molecule has 0 aromatic heterocycles. The van der Waals surface area contributed by atoms with E-state index in [1.54, 1.807) is 6.92 Å². The molecule has 0 bridgehead atoms. The molecule has 3 unspecified atom stereocenters. The van der Waals surface area contributed by atoms with Crippen molar-refractivity contribution in [3.63, 3.8) is 0 Å². The third-order valence-electron chi connectivity index (χ3n) is 4.67. The van der Waals surface area contributed by atoms with Crippen LogP contribution in [0.4, 0.5) is 0 Å². The zero-order valence-electron chi connectivity index (χ0n) is 17.9. The molecular formula is C22H25NaO7S. The van der Waals surface area contributed by atoms with E-state index in [1.165, 1.54) is 0 Å². The summed E-state index contributed by atoms with van der Waals surface area (Å²) in [6.07, 6.45) is -0.883. The van der Waals surface area contributed by atoms with Crippen molar-refractivity contribution >= 4 is 22.1 Å². The molecule has 0 saturated heterocycles. The van der Waals surface area contributed by atoms with Gasteiger partial charge in [0.2, 0.25) is 0 Å². The van der Waals surface area contributed by atoms with Gasteiger partial charge in [0, 0.05) is 11.8 Å². The van der Waals surface area contributed by atoms with Gasteiger partial charge in [0.1, 0.15) is 10.1 Å². The maximum atomic E-state index is 12.2. The normalized spacial score (nSPS) is 13.9. The van der Waals surface area contributed by atoms with Crippen molar-refractivity contribution in [2.75, 3.05) is 13.2 Å². The Hall–Kier alpha value is -1.71. The molecule has 0 saturated carbocycles. The van der Waals surface area contributed by atoms with E-state index in [1.807, 2.05) is 67.6 Å². The first-order valence-corrected chi connectivity index (χ1v) is 11.0. The fourth-order valence-electron chi connectivity index (χ4n) is 2.79. The number of hydrogen-bond donors (Lipinski definition) is 0. The van der Waals surface area contributed by atoms with E-state index in [0.717, 1.165) is 11.1 Å². The summed E-state index contributed by atoms with van der Waals surface area (Å²) in [5.41, 5.74) is 1.83. The van der Waals surface area contributed by atoms with Gasteiger partial charge < -0.3 is 14.0 Å². The molecule has 0 N–H and O–H groups in total. The number of benzene rings is 2. The maximum absolute atomic E-state index is 12.2. The predicted octanol–water partition coefficient (Wildman–Crippen LogP) is -0.0119. The zero-order valence-corrected chi connectivity index (χ0v) is 20.7. The summed E-state index contributed by atoms with van der Waals surface area (Å²) < 4.78 is 44.7. The van der Waals surface area contributed by atoms with Crippen LogP contribution in [0.15, 0.2) is 60.7 Å². The number of ether oxygens (including phenoxy) is 2. The van der Waals surface area contributed by atoms with Crippen LogP contribution < -0.4 is 29.6 Å². The van der Waals surface area contributed by atoms with Crippen molar-refractivity contribution in [2.45, 2.75) is 37.4 Å². The molecular weight excluding hydrogens is 431 g/mol. The van der Waals surface area contributed by atoms with Gasteiger partial charge in [-0.15, -0.1) is 0 Å². The van der Waals surface area contributed by atoms with E-state index in [9.17, 15) is 22.6 Å². The van der Waals surface area contributed by atoms with Gasteiger partial charge in [-0.1, -0.05) is 74.5 Å². The van der Waals surface area contributed by atoms with E-state index in [4.69, 9.17) is 9.47 Å². The summed E-state index contributed by atoms with van der Waals surface area (Å²) in [5, 5.41) is -2.14. The average molecular weight is 456 g/mol. The summed E-state index contributed by atoms with van der Waals surface area (Å²) in [7, 11) is -5.09. The third kappa shape index (κ3) is 9.13. The molecule has 0 radical (unpaired) electrons. The van der Waals surface area contributed by atoms with Crippen molar-refractivity contribution in [1.82, 2.24) is 0 Å². The SMILES string of the molecule is CC(COC(=O)CC(C(=O)OCC(C)c1ccccc1)S(=O)(=O)[O-])c1ccccc1.[Na+]. The fraction of sp³-hybridized carbons (Fsp3) is 0.364. The Morgan fingerprint density at radius 2 is 1.26 bits per heavy atom. The first-order valence-electron chi connectivity index (χ1n) is 9.55. The Morgan fingerprint density at radius 3 is 1.68 bits per heavy atom. The van der Waals surface area contributed by atoms with Crippen LogP contribution in [0.5, 0.6) is 0 Å². The van der Waals surface area contributed by atoms with Gasteiger partial charge >= 0.3 is 41.5 Å². The molecule has 3 atom stereocenters. The Kier molecular flexibility index (Phi) is 11.4. The summed E-state index contributed by atoms with van der Waals surface area (Å²) in [5.74, 6) is -2.53. The van der Waals surface area contributed by atoms with Crippen molar-refractivity contribution in [3.8, 4) is 0 Å². The van der Waals surface area contributed by atoms with Crippen LogP contribution in [0.1, 0.15) is 43.2 Å². The molecule has 0 spiro atoms. The first-order chi connectivity index (χ1) is 14.2. The van der Waals surface area contributed by atoms with Crippen LogP contribution in [0.2, 0.25) is 0 Å². The van der Waals surface area contributed by atoms with Crippen LogP contribution in [-0.2, 0) is 29.2 Å². The third-order valence-corrected chi connectivity index (χ3v) is 5.73. The molecule has 0 aliphatic carbocycles. The van der Waals surface area contributed by atoms with Gasteiger partial charge in [-0.25, -0.2) is 8.42 Å². The number of rotatable bonds is 10. The van der Waals surface area contributed by atoms with Gasteiger partial charge in [0.25, 0.3) is 0 Å². The molecule has 0 amide bonds. The number of carbonyl (C=O) groups excluding carboxylic acids is 2. The van der Waals surface area contributed by atoms with Crippen LogP contribution in [0.3, 0.4) is 0 Å². The standard InChI is InChI=1S/C22H26O7S.Na/c1-16(18-9-5-3-6-10-18)14-28-21(23)13-20(30(25,26)27)22(24)29-15-17(2)19-11-7-4-8-12-19;/h3-12,16-17,20H,13-15H2,1-2H3,(H,25,26,27);/q;+1/p-1. The van der Waals surface area contributed by atoms with Crippen molar-refractivity contribution in [2.24, 2.45) is 0 Å². The molecule has 2 aromatic rings. The summed E-state index contributed by atoms with van der Waals surface area (Å²) >= 11 is 0. The minimum absolute atomic E-state index is 0. The van der Waals surface area contributed by atoms with Crippen molar-refractivity contribution < 1.29 is 61.6 Å². The van der Waals surface area contributed by atoms with E-state index in [2.05, 4.69) is 0 Å². The van der Waals surface area contributed by atoms with E-state index < -0.39 is 33.7 Å². The molecule has 0 aliphatic heterocycles. The Morgan fingerprint density at radius 1 is 0.839 bits per heavy atom. The maximum Gasteiger partial charge on any atom is 1.00 e. The van der Waals surface area contributed by atoms with E-state index in [0.29, 0.717) is 0 Å². The predicted molar refractivity (Wildman–Crippen MR) is 110 cm³/mol. The Labute approximate surface area is 205 Å².